The zero-order valence-electron chi connectivity index (χ0n) is 8.39. The molecule has 14 heavy (non-hydrogen) atoms. The summed E-state index contributed by atoms with van der Waals surface area (Å²) in [6.07, 6.45) is 0. The van der Waals surface area contributed by atoms with Gasteiger partial charge in [-0.15, -0.1) is 0 Å². The normalized spacial score (nSPS) is 12.8. The van der Waals surface area contributed by atoms with Crippen molar-refractivity contribution >= 4 is 11.8 Å². The third-order valence-electron chi connectivity index (χ3n) is 1.72. The second-order valence-electron chi connectivity index (χ2n) is 3.99. The largest absolute Gasteiger partial charge is 0.481 e. The average Bonchev–Trinajstić information content (AvgIpc) is 1.97. The highest BCUT2D eigenvalue weighted by atomic mass is 16.4. The molecule has 1 N–H and O–H groups in total. The smallest absolute Gasteiger partial charge is 0.314 e. The van der Waals surface area contributed by atoms with Crippen molar-refractivity contribution < 1.29 is 14.7 Å². The number of hydrogen-bond acceptors (Lipinski definition) is 3. The summed E-state index contributed by atoms with van der Waals surface area (Å²) in [6.45, 7) is 4.55. The summed E-state index contributed by atoms with van der Waals surface area (Å²) in [5.41, 5.74) is 7.32. The van der Waals surface area contributed by atoms with Gasteiger partial charge < -0.3 is 5.11 Å². The van der Waals surface area contributed by atoms with Crippen LogP contribution in [0.1, 0.15) is 20.8 Å². The van der Waals surface area contributed by atoms with E-state index in [-0.39, 0.29) is 0 Å². The van der Waals surface area contributed by atoms with Crippen LogP contribution >= 0.6 is 0 Å². The lowest BCUT2D eigenvalue weighted by Crippen LogP contribution is -2.36. The van der Waals surface area contributed by atoms with Crippen molar-refractivity contribution in [2.75, 3.05) is 6.54 Å². The fraction of sp³-hybridized carbons (Fsp3) is 0.750. The van der Waals surface area contributed by atoms with Gasteiger partial charge in [0.05, 0.1) is 6.54 Å². The average molecular weight is 199 g/mol. The van der Waals surface area contributed by atoms with Gasteiger partial charge in [0.2, 0.25) is 0 Å². The van der Waals surface area contributed by atoms with E-state index < -0.39 is 29.6 Å². The first kappa shape index (κ1) is 12.4. The number of nitrogens with zero attached hydrogens (tertiary/aromatic N) is 3. The van der Waals surface area contributed by atoms with Crippen molar-refractivity contribution in [2.45, 2.75) is 20.8 Å². The molecule has 0 saturated heterocycles. The molecule has 0 fully saturated rings. The molecular formula is C8H13N3O3. The first-order chi connectivity index (χ1) is 6.30. The molecule has 0 radical (unpaired) electrons. The summed E-state index contributed by atoms with van der Waals surface area (Å²) in [7, 11) is 0. The van der Waals surface area contributed by atoms with Gasteiger partial charge in [0.15, 0.2) is 5.78 Å². The lowest BCUT2D eigenvalue weighted by atomic mass is 9.78. The highest BCUT2D eigenvalue weighted by Gasteiger charge is 2.36. The number of ketones is 1. The highest BCUT2D eigenvalue weighted by Crippen LogP contribution is 2.26. The predicted molar refractivity (Wildman–Crippen MR) is 49.6 cm³/mol. The van der Waals surface area contributed by atoms with E-state index in [1.54, 1.807) is 20.8 Å². The number of hydrogen-bond donors (Lipinski definition) is 1. The van der Waals surface area contributed by atoms with E-state index >= 15 is 0 Å². The van der Waals surface area contributed by atoms with E-state index in [1.165, 1.54) is 0 Å². The van der Waals surface area contributed by atoms with Crippen molar-refractivity contribution in [3.8, 4) is 0 Å². The molecule has 1 unspecified atom stereocenters. The van der Waals surface area contributed by atoms with Crippen LogP contribution < -0.4 is 0 Å². The van der Waals surface area contributed by atoms with Crippen LogP contribution in [0.2, 0.25) is 0 Å². The molecule has 0 aliphatic rings. The van der Waals surface area contributed by atoms with Gasteiger partial charge in [0, 0.05) is 4.91 Å². The Balaban J connectivity index is 4.76. The number of carboxylic acid groups (broad SMARTS) is 1. The second kappa shape index (κ2) is 4.62. The Labute approximate surface area is 81.5 Å². The van der Waals surface area contributed by atoms with Gasteiger partial charge in [0.25, 0.3) is 0 Å². The van der Waals surface area contributed by atoms with Gasteiger partial charge >= 0.3 is 5.97 Å². The van der Waals surface area contributed by atoms with Crippen molar-refractivity contribution in [2.24, 2.45) is 16.4 Å². The molecule has 0 aliphatic carbocycles. The minimum absolute atomic E-state index is 0.412. The molecular weight excluding hydrogens is 186 g/mol. The Morgan fingerprint density at radius 3 is 2.29 bits per heavy atom. The maximum atomic E-state index is 11.3. The minimum Gasteiger partial charge on any atom is -0.481 e. The summed E-state index contributed by atoms with van der Waals surface area (Å²) in [6, 6.07) is 0. The topological polar surface area (TPSA) is 103 Å². The van der Waals surface area contributed by atoms with Crippen LogP contribution in [0.4, 0.5) is 0 Å². The number of rotatable bonds is 4. The van der Waals surface area contributed by atoms with Crippen molar-refractivity contribution in [1.29, 1.82) is 0 Å². The van der Waals surface area contributed by atoms with Crippen LogP contribution in [-0.4, -0.2) is 23.4 Å². The zero-order valence-corrected chi connectivity index (χ0v) is 8.39. The van der Waals surface area contributed by atoms with Crippen LogP contribution in [0.15, 0.2) is 5.11 Å². The van der Waals surface area contributed by atoms with Gasteiger partial charge in [-0.2, -0.15) is 0 Å². The summed E-state index contributed by atoms with van der Waals surface area (Å²) in [5.74, 6) is -2.88. The van der Waals surface area contributed by atoms with Crippen LogP contribution in [0.25, 0.3) is 10.4 Å². The number of Topliss-reactive ketones (excluding diaryl/α,β-unsaturated/α-hetero) is 1. The lowest BCUT2D eigenvalue weighted by Gasteiger charge is -2.25. The Morgan fingerprint density at radius 1 is 1.50 bits per heavy atom. The Morgan fingerprint density at radius 2 is 2.00 bits per heavy atom. The number of carbonyl (C=O) groups is 2. The quantitative estimate of drug-likeness (QED) is 0.322. The molecule has 0 heterocycles. The molecule has 0 amide bonds. The summed E-state index contributed by atoms with van der Waals surface area (Å²) >= 11 is 0. The van der Waals surface area contributed by atoms with E-state index in [0.29, 0.717) is 0 Å². The summed E-state index contributed by atoms with van der Waals surface area (Å²) in [4.78, 5) is 24.6. The van der Waals surface area contributed by atoms with Gasteiger partial charge in [-0.1, -0.05) is 25.9 Å². The molecule has 6 heteroatoms. The Hall–Kier alpha value is -1.55. The fourth-order valence-corrected chi connectivity index (χ4v) is 1.18. The molecule has 0 aromatic carbocycles. The molecule has 1 atom stereocenters. The maximum absolute atomic E-state index is 11.3. The Bertz CT molecular complexity index is 287. The summed E-state index contributed by atoms with van der Waals surface area (Å²) < 4.78 is 0. The fourth-order valence-electron chi connectivity index (χ4n) is 1.18. The van der Waals surface area contributed by atoms with E-state index in [4.69, 9.17) is 10.6 Å². The number of aliphatic carboxylic acids is 1. The number of azide groups is 1. The molecule has 0 aliphatic heterocycles. The van der Waals surface area contributed by atoms with Crippen molar-refractivity contribution in [3.05, 3.63) is 10.4 Å². The highest BCUT2D eigenvalue weighted by molar-refractivity contribution is 6.00. The first-order valence-electron chi connectivity index (χ1n) is 4.07. The monoisotopic (exact) mass is 199 g/mol. The molecule has 0 aromatic heterocycles. The van der Waals surface area contributed by atoms with Crippen LogP contribution in [0.5, 0.6) is 0 Å². The van der Waals surface area contributed by atoms with E-state index in [1.807, 2.05) is 0 Å². The SMILES string of the molecule is CC(C)(C)C(C(=O)O)C(=O)CN=[N+]=[N-]. The van der Waals surface area contributed by atoms with Crippen LogP contribution in [0.3, 0.4) is 0 Å². The molecule has 0 spiro atoms. The molecule has 0 aromatic rings. The third-order valence-corrected chi connectivity index (χ3v) is 1.72. The van der Waals surface area contributed by atoms with Crippen LogP contribution in [0, 0.1) is 11.3 Å². The zero-order chi connectivity index (χ0) is 11.4. The van der Waals surface area contributed by atoms with Crippen molar-refractivity contribution in [1.82, 2.24) is 0 Å². The number of carbonyl (C=O) groups excluding carboxylic acids is 1. The van der Waals surface area contributed by atoms with Gasteiger partial charge in [-0.05, 0) is 10.9 Å². The molecule has 0 bridgehead atoms. The van der Waals surface area contributed by atoms with Gasteiger partial charge in [0.1, 0.15) is 5.92 Å². The maximum Gasteiger partial charge on any atom is 0.314 e. The minimum atomic E-state index is -1.18. The van der Waals surface area contributed by atoms with E-state index in [0.717, 1.165) is 0 Å². The molecule has 78 valence electrons. The summed E-state index contributed by atoms with van der Waals surface area (Å²) in [5, 5.41) is 11.9. The molecule has 6 nitrogen and oxygen atoms in total. The molecule has 0 saturated carbocycles. The number of carboxylic acids is 1. The lowest BCUT2D eigenvalue weighted by molar-refractivity contribution is -0.150. The standard InChI is InChI=1S/C8H13N3O3/c1-8(2,3)6(7(13)14)5(12)4-10-11-9/h6H,4H2,1-3H3,(H,13,14). The van der Waals surface area contributed by atoms with Gasteiger partial charge in [-0.25, -0.2) is 0 Å². The van der Waals surface area contributed by atoms with E-state index in [2.05, 4.69) is 10.0 Å². The molecule has 0 rings (SSSR count). The van der Waals surface area contributed by atoms with E-state index in [9.17, 15) is 9.59 Å². The third kappa shape index (κ3) is 3.45. The van der Waals surface area contributed by atoms with Crippen molar-refractivity contribution in [3.63, 3.8) is 0 Å². The second-order valence-corrected chi connectivity index (χ2v) is 3.99. The Kier molecular flexibility index (Phi) is 4.11. The first-order valence-corrected chi connectivity index (χ1v) is 4.07. The van der Waals surface area contributed by atoms with Gasteiger partial charge in [-0.3, -0.25) is 9.59 Å². The van der Waals surface area contributed by atoms with Crippen LogP contribution in [-0.2, 0) is 9.59 Å². The predicted octanol–water partition coefficient (Wildman–Crippen LogP) is 1.61.